The Hall–Kier alpha value is -0.860. The van der Waals surface area contributed by atoms with E-state index in [1.54, 1.807) is 0 Å². The lowest BCUT2D eigenvalue weighted by atomic mass is 9.62. The van der Waals surface area contributed by atoms with Crippen molar-refractivity contribution in [2.75, 3.05) is 7.11 Å². The van der Waals surface area contributed by atoms with E-state index in [9.17, 15) is 9.59 Å². The highest BCUT2D eigenvalue weighted by molar-refractivity contribution is 5.73. The summed E-state index contributed by atoms with van der Waals surface area (Å²) in [5.41, 5.74) is 0.0675. The molecule has 0 unspecified atom stereocenters. The number of hydrogen-bond acceptors (Lipinski definition) is 3. The summed E-state index contributed by atoms with van der Waals surface area (Å²) >= 11 is 0. The van der Waals surface area contributed by atoms with E-state index in [1.165, 1.54) is 7.11 Å². The van der Waals surface area contributed by atoms with Crippen LogP contribution in [-0.4, -0.2) is 19.4 Å². The smallest absolute Gasteiger partial charge is 0.308 e. The normalized spacial score (nSPS) is 29.5. The molecule has 2 atom stereocenters. The summed E-state index contributed by atoms with van der Waals surface area (Å²) < 4.78 is 4.80. The Labute approximate surface area is 91.2 Å². The van der Waals surface area contributed by atoms with Gasteiger partial charge in [-0.3, -0.25) is 4.79 Å². The highest BCUT2D eigenvalue weighted by atomic mass is 16.5. The monoisotopic (exact) mass is 212 g/mol. The van der Waals surface area contributed by atoms with E-state index in [2.05, 4.69) is 13.8 Å². The molecule has 0 spiro atoms. The molecule has 0 bridgehead atoms. The molecule has 0 aromatic carbocycles. The molecule has 0 N–H and O–H groups in total. The summed E-state index contributed by atoms with van der Waals surface area (Å²) in [5, 5.41) is 0. The Morgan fingerprint density at radius 3 is 2.73 bits per heavy atom. The quantitative estimate of drug-likeness (QED) is 0.532. The molecule has 1 aliphatic rings. The molecule has 1 saturated carbocycles. The number of rotatable bonds is 3. The van der Waals surface area contributed by atoms with Crippen LogP contribution < -0.4 is 0 Å². The zero-order valence-corrected chi connectivity index (χ0v) is 9.79. The van der Waals surface area contributed by atoms with E-state index in [0.29, 0.717) is 6.42 Å². The molecule has 15 heavy (non-hydrogen) atoms. The lowest BCUT2D eigenvalue weighted by Crippen LogP contribution is -2.39. The summed E-state index contributed by atoms with van der Waals surface area (Å²) in [4.78, 5) is 22.3. The van der Waals surface area contributed by atoms with Crippen LogP contribution in [0, 0.1) is 17.3 Å². The third-order valence-electron chi connectivity index (χ3n) is 3.68. The highest BCUT2D eigenvalue weighted by Gasteiger charge is 2.42. The van der Waals surface area contributed by atoms with Crippen LogP contribution in [0.15, 0.2) is 0 Å². The third kappa shape index (κ3) is 2.58. The van der Waals surface area contributed by atoms with Crippen molar-refractivity contribution >= 4 is 12.3 Å². The topological polar surface area (TPSA) is 43.4 Å². The van der Waals surface area contributed by atoms with Crippen molar-refractivity contribution in [1.82, 2.24) is 0 Å². The van der Waals surface area contributed by atoms with Gasteiger partial charge in [0.1, 0.15) is 6.29 Å². The Bertz CT molecular complexity index is 245. The molecule has 0 aromatic rings. The molecule has 0 aliphatic heterocycles. The van der Waals surface area contributed by atoms with Gasteiger partial charge in [0, 0.05) is 6.42 Å². The summed E-state index contributed by atoms with van der Waals surface area (Å²) in [6, 6.07) is 0. The minimum Gasteiger partial charge on any atom is -0.469 e. The molecule has 1 fully saturated rings. The maximum absolute atomic E-state index is 11.6. The van der Waals surface area contributed by atoms with Crippen LogP contribution >= 0.6 is 0 Å². The first-order valence-electron chi connectivity index (χ1n) is 5.54. The molecule has 86 valence electrons. The van der Waals surface area contributed by atoms with E-state index >= 15 is 0 Å². The number of methoxy groups -OCH3 is 1. The van der Waals surface area contributed by atoms with Crippen molar-refractivity contribution in [3.05, 3.63) is 0 Å². The van der Waals surface area contributed by atoms with Crippen LogP contribution in [-0.2, 0) is 14.3 Å². The van der Waals surface area contributed by atoms with Gasteiger partial charge in [0.05, 0.1) is 13.0 Å². The predicted molar refractivity (Wildman–Crippen MR) is 57.3 cm³/mol. The fourth-order valence-corrected chi connectivity index (χ4v) is 2.73. The SMILES string of the molecule is COC(=O)[C@@H]1CCCC(C)(C)[C@H]1CC=O. The van der Waals surface area contributed by atoms with Gasteiger partial charge in [0.15, 0.2) is 0 Å². The van der Waals surface area contributed by atoms with Gasteiger partial charge in [-0.05, 0) is 24.2 Å². The standard InChI is InChI=1S/C12H20O3/c1-12(2)7-4-5-9(11(14)15-3)10(12)6-8-13/h8-10H,4-7H2,1-3H3/t9-,10+/m1/s1. The molecule has 1 aliphatic carbocycles. The number of aldehydes is 1. The Morgan fingerprint density at radius 1 is 1.53 bits per heavy atom. The van der Waals surface area contributed by atoms with Crippen LogP contribution in [0.2, 0.25) is 0 Å². The van der Waals surface area contributed by atoms with E-state index in [1.807, 2.05) is 0 Å². The Balaban J connectivity index is 2.83. The van der Waals surface area contributed by atoms with Gasteiger partial charge in [-0.2, -0.15) is 0 Å². The van der Waals surface area contributed by atoms with E-state index < -0.39 is 0 Å². The lowest BCUT2D eigenvalue weighted by molar-refractivity contribution is -0.151. The van der Waals surface area contributed by atoms with Crippen LogP contribution in [0.5, 0.6) is 0 Å². The third-order valence-corrected chi connectivity index (χ3v) is 3.68. The van der Waals surface area contributed by atoms with Crippen molar-refractivity contribution < 1.29 is 14.3 Å². The Morgan fingerprint density at radius 2 is 2.20 bits per heavy atom. The van der Waals surface area contributed by atoms with Gasteiger partial charge in [0.2, 0.25) is 0 Å². The number of carbonyl (C=O) groups excluding carboxylic acids is 2. The van der Waals surface area contributed by atoms with Crippen molar-refractivity contribution in [2.45, 2.75) is 39.5 Å². The first-order valence-corrected chi connectivity index (χ1v) is 5.54. The van der Waals surface area contributed by atoms with E-state index in [-0.39, 0.29) is 23.2 Å². The summed E-state index contributed by atoms with van der Waals surface area (Å²) in [7, 11) is 1.42. The highest BCUT2D eigenvalue weighted by Crippen LogP contribution is 2.45. The molecular weight excluding hydrogens is 192 g/mol. The zero-order valence-electron chi connectivity index (χ0n) is 9.79. The first-order chi connectivity index (χ1) is 7.03. The van der Waals surface area contributed by atoms with Gasteiger partial charge < -0.3 is 9.53 Å². The number of hydrogen-bond donors (Lipinski definition) is 0. The maximum Gasteiger partial charge on any atom is 0.308 e. The van der Waals surface area contributed by atoms with Gasteiger partial charge in [-0.25, -0.2) is 0 Å². The van der Waals surface area contributed by atoms with Crippen LogP contribution in [0.1, 0.15) is 39.5 Å². The van der Waals surface area contributed by atoms with Crippen molar-refractivity contribution in [3.63, 3.8) is 0 Å². The fraction of sp³-hybridized carbons (Fsp3) is 0.833. The van der Waals surface area contributed by atoms with Gasteiger partial charge >= 0.3 is 5.97 Å². The molecule has 3 nitrogen and oxygen atoms in total. The number of carbonyl (C=O) groups is 2. The molecule has 0 heterocycles. The summed E-state index contributed by atoms with van der Waals surface area (Å²) in [6.45, 7) is 4.27. The molecule has 0 radical (unpaired) electrons. The number of ether oxygens (including phenoxy) is 1. The van der Waals surface area contributed by atoms with Gasteiger partial charge in [-0.15, -0.1) is 0 Å². The molecule has 3 heteroatoms. The molecular formula is C12H20O3. The number of esters is 1. The maximum atomic E-state index is 11.6. The minimum atomic E-state index is -0.158. The fourth-order valence-electron chi connectivity index (χ4n) is 2.73. The molecule has 0 saturated heterocycles. The summed E-state index contributed by atoms with van der Waals surface area (Å²) in [6.07, 6.45) is 4.37. The molecule has 0 aromatic heterocycles. The van der Waals surface area contributed by atoms with Crippen molar-refractivity contribution in [2.24, 2.45) is 17.3 Å². The van der Waals surface area contributed by atoms with Crippen molar-refractivity contribution in [1.29, 1.82) is 0 Å². The first kappa shape index (κ1) is 12.2. The average Bonchev–Trinajstić information content (AvgIpc) is 2.20. The molecule has 1 rings (SSSR count). The molecule has 0 amide bonds. The minimum absolute atomic E-state index is 0.0675. The van der Waals surface area contributed by atoms with Gasteiger partial charge in [-0.1, -0.05) is 20.3 Å². The average molecular weight is 212 g/mol. The van der Waals surface area contributed by atoms with Crippen LogP contribution in [0.4, 0.5) is 0 Å². The lowest BCUT2D eigenvalue weighted by Gasteiger charge is -2.42. The second-order valence-corrected chi connectivity index (χ2v) is 5.02. The van der Waals surface area contributed by atoms with E-state index in [4.69, 9.17) is 4.74 Å². The largest absolute Gasteiger partial charge is 0.469 e. The predicted octanol–water partition coefficient (Wildman–Crippen LogP) is 2.19. The van der Waals surface area contributed by atoms with Crippen LogP contribution in [0.25, 0.3) is 0 Å². The Kier molecular flexibility index (Phi) is 3.89. The second kappa shape index (κ2) is 4.77. The summed E-state index contributed by atoms with van der Waals surface area (Å²) in [5.74, 6) is -0.116. The zero-order chi connectivity index (χ0) is 11.5. The van der Waals surface area contributed by atoms with Crippen LogP contribution in [0.3, 0.4) is 0 Å². The van der Waals surface area contributed by atoms with E-state index in [0.717, 1.165) is 25.5 Å². The van der Waals surface area contributed by atoms with Gasteiger partial charge in [0.25, 0.3) is 0 Å². The second-order valence-electron chi connectivity index (χ2n) is 5.02. The van der Waals surface area contributed by atoms with Crippen molar-refractivity contribution in [3.8, 4) is 0 Å².